The van der Waals surface area contributed by atoms with Crippen LogP contribution in [0.15, 0.2) is 46.9 Å². The average molecular weight is 454 g/mol. The van der Waals surface area contributed by atoms with E-state index >= 15 is 0 Å². The molecule has 0 atom stereocenters. The fraction of sp³-hybridized carbons (Fsp3) is 0.350. The lowest BCUT2D eigenvalue weighted by molar-refractivity contribution is -0.137. The van der Waals surface area contributed by atoms with Crippen LogP contribution >= 0.6 is 15.9 Å². The van der Waals surface area contributed by atoms with E-state index in [2.05, 4.69) is 31.5 Å². The molecule has 4 rings (SSSR count). The largest absolute Gasteiger partial charge is 0.416 e. The van der Waals surface area contributed by atoms with Gasteiger partial charge in [-0.05, 0) is 35.9 Å². The molecule has 0 unspecified atom stereocenters. The van der Waals surface area contributed by atoms with Gasteiger partial charge in [-0.15, -0.1) is 0 Å². The smallest absolute Gasteiger partial charge is 0.362 e. The number of carbonyl (C=O) groups is 1. The minimum atomic E-state index is -4.31. The van der Waals surface area contributed by atoms with Crippen LogP contribution < -0.4 is 10.6 Å². The van der Waals surface area contributed by atoms with Crippen molar-refractivity contribution in [3.05, 3.63) is 63.6 Å². The Bertz CT molecular complexity index is 891. The van der Waals surface area contributed by atoms with E-state index in [1.54, 1.807) is 6.07 Å². The number of amides is 1. The summed E-state index contributed by atoms with van der Waals surface area (Å²) in [7, 11) is 0. The molecule has 0 bridgehead atoms. The maximum absolute atomic E-state index is 12.7. The number of benzene rings is 2. The molecule has 0 saturated carbocycles. The monoisotopic (exact) mass is 453 g/mol. The molecule has 0 aliphatic carbocycles. The zero-order chi connectivity index (χ0) is 19.9. The molecular formula is C20H19BrF3N3O. The van der Waals surface area contributed by atoms with Crippen LogP contribution in [0.25, 0.3) is 0 Å². The van der Waals surface area contributed by atoms with Crippen molar-refractivity contribution < 1.29 is 18.0 Å². The van der Waals surface area contributed by atoms with Gasteiger partial charge in [-0.3, -0.25) is 9.69 Å². The van der Waals surface area contributed by atoms with Gasteiger partial charge in [0.15, 0.2) is 0 Å². The zero-order valence-corrected chi connectivity index (χ0v) is 16.5. The minimum Gasteiger partial charge on any atom is -0.362 e. The van der Waals surface area contributed by atoms with Crippen molar-refractivity contribution in [2.45, 2.75) is 31.2 Å². The van der Waals surface area contributed by atoms with Crippen LogP contribution in [0, 0.1) is 0 Å². The van der Waals surface area contributed by atoms with Crippen molar-refractivity contribution in [2.24, 2.45) is 0 Å². The number of alkyl halides is 3. The molecule has 8 heteroatoms. The second-order valence-electron chi connectivity index (χ2n) is 7.32. The number of halogens is 4. The number of anilines is 1. The Balaban J connectivity index is 1.40. The first-order chi connectivity index (χ1) is 13.2. The van der Waals surface area contributed by atoms with Gasteiger partial charge in [-0.2, -0.15) is 13.2 Å². The standard InChI is InChI=1S/C20H19BrF3N3O/c21-15-5-6-17-16(11-15)18(28)26-19(25-17)7-9-27(10-8-19)12-13-1-3-14(4-2-13)20(22,23)24/h1-6,11,25H,7-10,12H2,(H,26,28). The van der Waals surface area contributed by atoms with E-state index < -0.39 is 17.4 Å². The molecular weight excluding hydrogens is 435 g/mol. The summed E-state index contributed by atoms with van der Waals surface area (Å²) in [5, 5.41) is 6.58. The molecule has 1 spiro atoms. The first-order valence-electron chi connectivity index (χ1n) is 9.03. The topological polar surface area (TPSA) is 44.4 Å². The number of rotatable bonds is 2. The van der Waals surface area contributed by atoms with Crippen LogP contribution in [0.2, 0.25) is 0 Å². The first kappa shape index (κ1) is 19.3. The van der Waals surface area contributed by atoms with E-state index in [9.17, 15) is 18.0 Å². The Hall–Kier alpha value is -2.06. The van der Waals surface area contributed by atoms with E-state index in [0.29, 0.717) is 12.1 Å². The fourth-order valence-electron chi connectivity index (χ4n) is 3.79. The molecule has 28 heavy (non-hydrogen) atoms. The van der Waals surface area contributed by atoms with Crippen molar-refractivity contribution in [1.29, 1.82) is 0 Å². The van der Waals surface area contributed by atoms with E-state index in [-0.39, 0.29) is 5.91 Å². The van der Waals surface area contributed by atoms with Gasteiger partial charge in [-0.25, -0.2) is 0 Å². The number of hydrogen-bond donors (Lipinski definition) is 2. The minimum absolute atomic E-state index is 0.0914. The lowest BCUT2D eigenvalue weighted by Crippen LogP contribution is -2.62. The molecule has 148 valence electrons. The van der Waals surface area contributed by atoms with Crippen molar-refractivity contribution in [1.82, 2.24) is 10.2 Å². The van der Waals surface area contributed by atoms with Gasteiger partial charge in [0.25, 0.3) is 5.91 Å². The van der Waals surface area contributed by atoms with Crippen molar-refractivity contribution in [2.75, 3.05) is 18.4 Å². The molecule has 2 aliphatic heterocycles. The van der Waals surface area contributed by atoms with Crippen LogP contribution in [-0.2, 0) is 12.7 Å². The Morgan fingerprint density at radius 3 is 2.36 bits per heavy atom. The van der Waals surface area contributed by atoms with Crippen molar-refractivity contribution >= 4 is 27.5 Å². The van der Waals surface area contributed by atoms with Gasteiger partial charge < -0.3 is 10.6 Å². The molecule has 1 saturated heterocycles. The highest BCUT2D eigenvalue weighted by Gasteiger charge is 2.40. The lowest BCUT2D eigenvalue weighted by Gasteiger charge is -2.46. The van der Waals surface area contributed by atoms with Crippen LogP contribution in [0.1, 0.15) is 34.3 Å². The van der Waals surface area contributed by atoms with Crippen LogP contribution in [0.4, 0.5) is 18.9 Å². The average Bonchev–Trinajstić information content (AvgIpc) is 2.64. The first-order valence-corrected chi connectivity index (χ1v) is 9.82. The molecule has 2 aromatic carbocycles. The van der Waals surface area contributed by atoms with Gasteiger partial charge in [0, 0.05) is 42.6 Å². The third kappa shape index (κ3) is 3.89. The molecule has 2 aliphatic rings. The van der Waals surface area contributed by atoms with Crippen LogP contribution in [0.5, 0.6) is 0 Å². The quantitative estimate of drug-likeness (QED) is 0.697. The summed E-state index contributed by atoms with van der Waals surface area (Å²) in [5.74, 6) is -0.0914. The van der Waals surface area contributed by atoms with Crippen molar-refractivity contribution in [3.8, 4) is 0 Å². The fourth-order valence-corrected chi connectivity index (χ4v) is 4.15. The summed E-state index contributed by atoms with van der Waals surface area (Å²) in [6.07, 6.45) is -2.88. The maximum atomic E-state index is 12.7. The summed E-state index contributed by atoms with van der Waals surface area (Å²) in [6, 6.07) is 10.9. The van der Waals surface area contributed by atoms with E-state index in [1.165, 1.54) is 12.1 Å². The second kappa shape index (κ2) is 7.08. The predicted octanol–water partition coefficient (Wildman–Crippen LogP) is 4.62. The molecule has 4 nitrogen and oxygen atoms in total. The number of nitrogens with zero attached hydrogens (tertiary/aromatic N) is 1. The van der Waals surface area contributed by atoms with Gasteiger partial charge in [0.2, 0.25) is 0 Å². The zero-order valence-electron chi connectivity index (χ0n) is 14.9. The molecule has 0 radical (unpaired) electrons. The Morgan fingerprint density at radius 2 is 1.71 bits per heavy atom. The summed E-state index contributed by atoms with van der Waals surface area (Å²) in [5.41, 5.74) is 1.18. The molecule has 0 aromatic heterocycles. The highest BCUT2D eigenvalue weighted by Crippen LogP contribution is 2.33. The Morgan fingerprint density at radius 1 is 1.04 bits per heavy atom. The SMILES string of the molecule is O=C1NC2(CCN(Cc3ccc(C(F)(F)F)cc3)CC2)Nc2ccc(Br)cc21. The highest BCUT2D eigenvalue weighted by molar-refractivity contribution is 9.10. The van der Waals surface area contributed by atoms with E-state index in [1.807, 2.05) is 12.1 Å². The summed E-state index contributed by atoms with van der Waals surface area (Å²) < 4.78 is 38.9. The number of fused-ring (bicyclic) bond motifs is 1. The lowest BCUT2D eigenvalue weighted by atomic mass is 9.92. The molecule has 1 fully saturated rings. The molecule has 1 amide bonds. The third-order valence-corrected chi connectivity index (χ3v) is 5.84. The van der Waals surface area contributed by atoms with Crippen LogP contribution in [0.3, 0.4) is 0 Å². The molecule has 2 aromatic rings. The van der Waals surface area contributed by atoms with Gasteiger partial charge in [-0.1, -0.05) is 28.1 Å². The van der Waals surface area contributed by atoms with Crippen molar-refractivity contribution in [3.63, 3.8) is 0 Å². The Labute approximate surface area is 169 Å². The summed E-state index contributed by atoms with van der Waals surface area (Å²) in [4.78, 5) is 14.7. The highest BCUT2D eigenvalue weighted by atomic mass is 79.9. The Kier molecular flexibility index (Phi) is 4.87. The third-order valence-electron chi connectivity index (χ3n) is 5.35. The number of likely N-dealkylation sites (tertiary alicyclic amines) is 1. The molecule has 2 heterocycles. The number of piperidine rings is 1. The van der Waals surface area contributed by atoms with Gasteiger partial charge in [0.05, 0.1) is 11.1 Å². The predicted molar refractivity (Wildman–Crippen MR) is 104 cm³/mol. The number of nitrogens with one attached hydrogen (secondary N) is 2. The van der Waals surface area contributed by atoms with E-state index in [0.717, 1.165) is 53.8 Å². The van der Waals surface area contributed by atoms with Gasteiger partial charge in [0.1, 0.15) is 5.66 Å². The van der Waals surface area contributed by atoms with Crippen LogP contribution in [-0.4, -0.2) is 29.6 Å². The number of carbonyl (C=O) groups excluding carboxylic acids is 1. The van der Waals surface area contributed by atoms with Gasteiger partial charge >= 0.3 is 6.18 Å². The summed E-state index contributed by atoms with van der Waals surface area (Å²) in [6.45, 7) is 2.06. The maximum Gasteiger partial charge on any atom is 0.416 e. The molecule has 2 N–H and O–H groups in total. The summed E-state index contributed by atoms with van der Waals surface area (Å²) >= 11 is 3.38. The normalized spacial score (nSPS) is 19.1. The second-order valence-corrected chi connectivity index (χ2v) is 8.24. The number of hydrogen-bond acceptors (Lipinski definition) is 3. The van der Waals surface area contributed by atoms with E-state index in [4.69, 9.17) is 0 Å².